The minimum absolute atomic E-state index is 0.188. The Kier molecular flexibility index (Phi) is 4.72. The van der Waals surface area contributed by atoms with Gasteiger partial charge in [0.25, 0.3) is 5.91 Å². The van der Waals surface area contributed by atoms with Crippen LogP contribution in [0.25, 0.3) is 0 Å². The largest absolute Gasteiger partial charge is 0.379 e. The summed E-state index contributed by atoms with van der Waals surface area (Å²) in [5.41, 5.74) is 6.11. The normalized spacial score (nSPS) is 20.8. The lowest BCUT2D eigenvalue weighted by atomic mass is 9.99. The molecule has 0 bridgehead atoms. The molecule has 1 aromatic rings. The van der Waals surface area contributed by atoms with Crippen LogP contribution in [0, 0.1) is 0 Å². The number of carbonyl (C=O) groups is 2. The maximum atomic E-state index is 12.1. The van der Waals surface area contributed by atoms with Crippen molar-refractivity contribution in [1.82, 2.24) is 5.32 Å². The lowest BCUT2D eigenvalue weighted by Crippen LogP contribution is -2.51. The van der Waals surface area contributed by atoms with Gasteiger partial charge >= 0.3 is 0 Å². The molecule has 0 aromatic heterocycles. The average Bonchev–Trinajstić information content (AvgIpc) is 2.94. The first-order chi connectivity index (χ1) is 10.0. The Morgan fingerprint density at radius 1 is 1.38 bits per heavy atom. The van der Waals surface area contributed by atoms with Gasteiger partial charge in [0, 0.05) is 24.4 Å². The van der Waals surface area contributed by atoms with Gasteiger partial charge in [0.1, 0.15) is 5.54 Å². The van der Waals surface area contributed by atoms with E-state index >= 15 is 0 Å². The molecule has 112 valence electrons. The zero-order valence-corrected chi connectivity index (χ0v) is 11.7. The molecule has 21 heavy (non-hydrogen) atoms. The molecule has 1 fully saturated rings. The zero-order chi connectivity index (χ0) is 15.3. The third-order valence-electron chi connectivity index (χ3n) is 3.32. The minimum atomic E-state index is -0.972. The standard InChI is InChI=1S/C15H19N3O3/c1-2-8-17-13(19)11-3-5-12(6-4-11)18-14(20)15(16)7-9-21-10-15/h2-6H,1,7-10,16H2,(H,17,19)(H,18,20). The molecule has 2 amide bonds. The molecular weight excluding hydrogens is 270 g/mol. The molecule has 1 aromatic carbocycles. The van der Waals surface area contributed by atoms with E-state index in [0.717, 1.165) is 0 Å². The summed E-state index contributed by atoms with van der Waals surface area (Å²) >= 11 is 0. The van der Waals surface area contributed by atoms with Crippen molar-refractivity contribution in [1.29, 1.82) is 0 Å². The number of carbonyl (C=O) groups excluding carboxylic acids is 2. The predicted octanol–water partition coefficient (Wildman–Crippen LogP) is 0.659. The smallest absolute Gasteiger partial charge is 0.251 e. The Hall–Kier alpha value is -2.18. The highest BCUT2D eigenvalue weighted by molar-refractivity contribution is 5.99. The van der Waals surface area contributed by atoms with Crippen molar-refractivity contribution >= 4 is 17.5 Å². The van der Waals surface area contributed by atoms with Gasteiger partial charge in [-0.2, -0.15) is 0 Å². The Morgan fingerprint density at radius 2 is 2.10 bits per heavy atom. The third kappa shape index (κ3) is 3.68. The average molecular weight is 289 g/mol. The number of ether oxygens (including phenoxy) is 1. The molecule has 1 heterocycles. The minimum Gasteiger partial charge on any atom is -0.379 e. The van der Waals surface area contributed by atoms with Crippen LogP contribution >= 0.6 is 0 Å². The van der Waals surface area contributed by atoms with Crippen molar-refractivity contribution in [2.75, 3.05) is 25.1 Å². The fourth-order valence-corrected chi connectivity index (χ4v) is 1.99. The van der Waals surface area contributed by atoms with Crippen LogP contribution in [0.2, 0.25) is 0 Å². The van der Waals surface area contributed by atoms with Crippen LogP contribution in [0.15, 0.2) is 36.9 Å². The number of rotatable bonds is 5. The van der Waals surface area contributed by atoms with Crippen LogP contribution in [0.1, 0.15) is 16.8 Å². The Bertz CT molecular complexity index is 534. The van der Waals surface area contributed by atoms with Gasteiger partial charge in [-0.05, 0) is 30.7 Å². The van der Waals surface area contributed by atoms with E-state index < -0.39 is 5.54 Å². The second-order valence-electron chi connectivity index (χ2n) is 4.99. The van der Waals surface area contributed by atoms with Crippen LogP contribution in [-0.2, 0) is 9.53 Å². The number of nitrogens with one attached hydrogen (secondary N) is 2. The number of hydrogen-bond donors (Lipinski definition) is 3. The molecule has 6 heteroatoms. The van der Waals surface area contributed by atoms with Crippen LogP contribution in [0.3, 0.4) is 0 Å². The van der Waals surface area contributed by atoms with Crippen LogP contribution in [0.4, 0.5) is 5.69 Å². The van der Waals surface area contributed by atoms with Crippen molar-refractivity contribution in [3.05, 3.63) is 42.5 Å². The molecule has 1 aliphatic rings. The predicted molar refractivity (Wildman–Crippen MR) is 80.0 cm³/mol. The first-order valence-corrected chi connectivity index (χ1v) is 6.72. The molecule has 1 saturated heterocycles. The van der Waals surface area contributed by atoms with Crippen molar-refractivity contribution in [3.8, 4) is 0 Å². The Balaban J connectivity index is 1.97. The summed E-state index contributed by atoms with van der Waals surface area (Å²) in [4.78, 5) is 23.8. The van der Waals surface area contributed by atoms with E-state index in [1.54, 1.807) is 30.3 Å². The zero-order valence-electron chi connectivity index (χ0n) is 11.7. The Labute approximate surface area is 123 Å². The molecule has 0 aliphatic carbocycles. The lowest BCUT2D eigenvalue weighted by Gasteiger charge is -2.20. The number of nitrogens with two attached hydrogens (primary N) is 1. The van der Waals surface area contributed by atoms with E-state index in [1.165, 1.54) is 0 Å². The molecule has 0 radical (unpaired) electrons. The molecule has 1 unspecified atom stereocenters. The topological polar surface area (TPSA) is 93.5 Å². The fourth-order valence-electron chi connectivity index (χ4n) is 1.99. The summed E-state index contributed by atoms with van der Waals surface area (Å²) < 4.78 is 5.16. The molecule has 1 atom stereocenters. The van der Waals surface area contributed by atoms with Crippen molar-refractivity contribution in [2.24, 2.45) is 5.73 Å². The van der Waals surface area contributed by atoms with Crippen LogP contribution < -0.4 is 16.4 Å². The second kappa shape index (κ2) is 6.51. The summed E-state index contributed by atoms with van der Waals surface area (Å²) in [6, 6.07) is 6.62. The Morgan fingerprint density at radius 3 is 2.67 bits per heavy atom. The van der Waals surface area contributed by atoms with Crippen molar-refractivity contribution in [2.45, 2.75) is 12.0 Å². The number of amides is 2. The van der Waals surface area contributed by atoms with Crippen LogP contribution in [0.5, 0.6) is 0 Å². The highest BCUT2D eigenvalue weighted by atomic mass is 16.5. The highest BCUT2D eigenvalue weighted by Gasteiger charge is 2.38. The monoisotopic (exact) mass is 289 g/mol. The molecule has 0 saturated carbocycles. The van der Waals surface area contributed by atoms with E-state index in [-0.39, 0.29) is 18.4 Å². The van der Waals surface area contributed by atoms with Gasteiger partial charge in [-0.15, -0.1) is 6.58 Å². The van der Waals surface area contributed by atoms with Gasteiger partial charge in [0.05, 0.1) is 6.61 Å². The molecule has 2 rings (SSSR count). The molecule has 1 aliphatic heterocycles. The highest BCUT2D eigenvalue weighted by Crippen LogP contribution is 2.18. The van der Waals surface area contributed by atoms with Gasteiger partial charge in [-0.3, -0.25) is 9.59 Å². The van der Waals surface area contributed by atoms with E-state index in [1.807, 2.05) is 0 Å². The maximum absolute atomic E-state index is 12.1. The van der Waals surface area contributed by atoms with Gasteiger partial charge in [-0.25, -0.2) is 0 Å². The lowest BCUT2D eigenvalue weighted by molar-refractivity contribution is -0.121. The van der Waals surface area contributed by atoms with Crippen LogP contribution in [-0.4, -0.2) is 37.1 Å². The number of benzene rings is 1. The molecule has 0 spiro atoms. The number of anilines is 1. The molecular formula is C15H19N3O3. The maximum Gasteiger partial charge on any atom is 0.251 e. The summed E-state index contributed by atoms with van der Waals surface area (Å²) in [5.74, 6) is -0.462. The summed E-state index contributed by atoms with van der Waals surface area (Å²) in [5, 5.41) is 5.42. The summed E-state index contributed by atoms with van der Waals surface area (Å²) in [6.07, 6.45) is 2.11. The quantitative estimate of drug-likeness (QED) is 0.694. The van der Waals surface area contributed by atoms with E-state index in [2.05, 4.69) is 17.2 Å². The van der Waals surface area contributed by atoms with Gasteiger partial charge in [0.2, 0.25) is 5.91 Å². The van der Waals surface area contributed by atoms with Crippen molar-refractivity contribution < 1.29 is 14.3 Å². The van der Waals surface area contributed by atoms with E-state index in [9.17, 15) is 9.59 Å². The summed E-state index contributed by atoms with van der Waals surface area (Å²) in [7, 11) is 0. The van der Waals surface area contributed by atoms with Gasteiger partial charge < -0.3 is 21.1 Å². The fraction of sp³-hybridized carbons (Fsp3) is 0.333. The van der Waals surface area contributed by atoms with Crippen molar-refractivity contribution in [3.63, 3.8) is 0 Å². The first-order valence-electron chi connectivity index (χ1n) is 6.72. The second-order valence-corrected chi connectivity index (χ2v) is 4.99. The SMILES string of the molecule is C=CCNC(=O)c1ccc(NC(=O)C2(N)CCOC2)cc1. The molecule has 6 nitrogen and oxygen atoms in total. The van der Waals surface area contributed by atoms with Gasteiger partial charge in [0.15, 0.2) is 0 Å². The van der Waals surface area contributed by atoms with E-state index in [0.29, 0.717) is 30.8 Å². The summed E-state index contributed by atoms with van der Waals surface area (Å²) in [6.45, 7) is 4.66. The van der Waals surface area contributed by atoms with E-state index in [4.69, 9.17) is 10.5 Å². The molecule has 4 N–H and O–H groups in total. The van der Waals surface area contributed by atoms with Gasteiger partial charge in [-0.1, -0.05) is 6.08 Å². The first kappa shape index (κ1) is 15.2. The third-order valence-corrected chi connectivity index (χ3v) is 3.32. The number of hydrogen-bond acceptors (Lipinski definition) is 4.